The van der Waals surface area contributed by atoms with Gasteiger partial charge in [0.2, 0.25) is 0 Å². The van der Waals surface area contributed by atoms with Crippen LogP contribution in [-0.2, 0) is 6.42 Å². The van der Waals surface area contributed by atoms with Crippen molar-refractivity contribution >= 4 is 0 Å². The Morgan fingerprint density at radius 2 is 2.00 bits per heavy atom. The van der Waals surface area contributed by atoms with Crippen molar-refractivity contribution in [3.63, 3.8) is 0 Å². The molecule has 2 rings (SSSR count). The van der Waals surface area contributed by atoms with Gasteiger partial charge in [-0.1, -0.05) is 18.6 Å². The van der Waals surface area contributed by atoms with Crippen LogP contribution >= 0.6 is 0 Å². The monoisotopic (exact) mass is 219 g/mol. The summed E-state index contributed by atoms with van der Waals surface area (Å²) in [5, 5.41) is 3.53. The van der Waals surface area contributed by atoms with E-state index in [4.69, 9.17) is 4.74 Å². The zero-order valence-electron chi connectivity index (χ0n) is 10.0. The van der Waals surface area contributed by atoms with Crippen molar-refractivity contribution in [3.05, 3.63) is 29.8 Å². The van der Waals surface area contributed by atoms with Crippen molar-refractivity contribution in [2.45, 2.75) is 25.7 Å². The summed E-state index contributed by atoms with van der Waals surface area (Å²) in [5.41, 5.74) is 1.38. The van der Waals surface area contributed by atoms with Gasteiger partial charge in [0, 0.05) is 0 Å². The third kappa shape index (κ3) is 3.24. The molecule has 0 bridgehead atoms. The third-order valence-corrected chi connectivity index (χ3v) is 3.41. The van der Waals surface area contributed by atoms with Gasteiger partial charge in [-0.25, -0.2) is 0 Å². The molecule has 2 heteroatoms. The fraction of sp³-hybridized carbons (Fsp3) is 0.571. The minimum atomic E-state index is 0.936. The summed E-state index contributed by atoms with van der Waals surface area (Å²) in [7, 11) is 1.70. The molecule has 0 amide bonds. The van der Waals surface area contributed by atoms with Crippen LogP contribution in [0.4, 0.5) is 0 Å². The number of ether oxygens (including phenoxy) is 1. The number of hydrogen-bond donors (Lipinski definition) is 1. The quantitative estimate of drug-likeness (QED) is 0.743. The molecule has 1 saturated carbocycles. The molecule has 0 spiro atoms. The van der Waals surface area contributed by atoms with Gasteiger partial charge in [-0.2, -0.15) is 0 Å². The number of rotatable bonds is 6. The molecule has 2 nitrogen and oxygen atoms in total. The van der Waals surface area contributed by atoms with Crippen molar-refractivity contribution in [3.8, 4) is 5.75 Å². The summed E-state index contributed by atoms with van der Waals surface area (Å²) >= 11 is 0. The second-order valence-electron chi connectivity index (χ2n) is 4.60. The first-order valence-electron chi connectivity index (χ1n) is 6.22. The highest BCUT2D eigenvalue weighted by Crippen LogP contribution is 2.25. The van der Waals surface area contributed by atoms with E-state index in [1.807, 2.05) is 12.1 Å². The largest absolute Gasteiger partial charge is 0.497 e. The van der Waals surface area contributed by atoms with Gasteiger partial charge in [0.15, 0.2) is 0 Å². The lowest BCUT2D eigenvalue weighted by atomic mass is 9.85. The predicted molar refractivity (Wildman–Crippen MR) is 66.9 cm³/mol. The van der Waals surface area contributed by atoms with E-state index in [1.54, 1.807) is 7.11 Å². The summed E-state index contributed by atoms with van der Waals surface area (Å²) in [6.45, 7) is 2.29. The molecule has 0 saturated heterocycles. The molecule has 0 heterocycles. The van der Waals surface area contributed by atoms with Crippen LogP contribution in [0, 0.1) is 5.92 Å². The van der Waals surface area contributed by atoms with Crippen LogP contribution in [0.2, 0.25) is 0 Å². The maximum atomic E-state index is 5.13. The molecule has 0 unspecified atom stereocenters. The first kappa shape index (κ1) is 11.5. The van der Waals surface area contributed by atoms with Crippen molar-refractivity contribution in [2.24, 2.45) is 5.92 Å². The topological polar surface area (TPSA) is 21.3 Å². The van der Waals surface area contributed by atoms with Crippen LogP contribution < -0.4 is 10.1 Å². The molecule has 1 aliphatic rings. The first-order chi connectivity index (χ1) is 7.88. The van der Waals surface area contributed by atoms with Crippen molar-refractivity contribution in [2.75, 3.05) is 20.2 Å². The Morgan fingerprint density at radius 3 is 2.56 bits per heavy atom. The standard InChI is InChI=1S/C14H21NO/c1-16-14-7-5-12(6-8-14)9-10-15-11-13-3-2-4-13/h5-8,13,15H,2-4,9-11H2,1H3. The maximum Gasteiger partial charge on any atom is 0.118 e. The highest BCUT2D eigenvalue weighted by Gasteiger charge is 2.15. The molecular formula is C14H21NO. The Labute approximate surface area is 98.0 Å². The Balaban J connectivity index is 1.64. The number of nitrogens with one attached hydrogen (secondary N) is 1. The predicted octanol–water partition coefficient (Wildman–Crippen LogP) is 2.63. The maximum absolute atomic E-state index is 5.13. The van der Waals surface area contributed by atoms with Gasteiger partial charge in [-0.05, 0) is 56.0 Å². The molecule has 88 valence electrons. The highest BCUT2D eigenvalue weighted by atomic mass is 16.5. The van der Waals surface area contributed by atoms with Crippen LogP contribution in [-0.4, -0.2) is 20.2 Å². The molecule has 1 aliphatic carbocycles. The number of benzene rings is 1. The van der Waals surface area contributed by atoms with Crippen molar-refractivity contribution in [1.82, 2.24) is 5.32 Å². The third-order valence-electron chi connectivity index (χ3n) is 3.41. The molecule has 1 fully saturated rings. The van der Waals surface area contributed by atoms with E-state index in [0.29, 0.717) is 0 Å². The van der Waals surface area contributed by atoms with Gasteiger partial charge in [0.05, 0.1) is 7.11 Å². The fourth-order valence-corrected chi connectivity index (χ4v) is 2.03. The Morgan fingerprint density at radius 1 is 1.25 bits per heavy atom. The zero-order valence-corrected chi connectivity index (χ0v) is 10.0. The van der Waals surface area contributed by atoms with Crippen molar-refractivity contribution in [1.29, 1.82) is 0 Å². The summed E-state index contributed by atoms with van der Waals surface area (Å²) < 4.78 is 5.13. The molecule has 1 N–H and O–H groups in total. The summed E-state index contributed by atoms with van der Waals surface area (Å²) in [4.78, 5) is 0. The summed E-state index contributed by atoms with van der Waals surface area (Å²) in [6, 6.07) is 8.34. The lowest BCUT2D eigenvalue weighted by Crippen LogP contribution is -2.28. The molecule has 16 heavy (non-hydrogen) atoms. The van der Waals surface area contributed by atoms with E-state index in [9.17, 15) is 0 Å². The van der Waals surface area contributed by atoms with Gasteiger partial charge in [-0.15, -0.1) is 0 Å². The SMILES string of the molecule is COc1ccc(CCNCC2CCC2)cc1. The van der Waals surface area contributed by atoms with Gasteiger partial charge >= 0.3 is 0 Å². The average Bonchev–Trinajstić information content (AvgIpc) is 2.27. The molecular weight excluding hydrogens is 198 g/mol. The van der Waals surface area contributed by atoms with Crippen molar-refractivity contribution < 1.29 is 4.74 Å². The van der Waals surface area contributed by atoms with Crippen LogP contribution in [0.15, 0.2) is 24.3 Å². The first-order valence-corrected chi connectivity index (χ1v) is 6.22. The second-order valence-corrected chi connectivity index (χ2v) is 4.60. The van der Waals surface area contributed by atoms with Crippen LogP contribution in [0.1, 0.15) is 24.8 Å². The normalized spacial score (nSPS) is 15.8. The van der Waals surface area contributed by atoms with E-state index in [1.165, 1.54) is 31.4 Å². The molecule has 0 aliphatic heterocycles. The second kappa shape index (κ2) is 5.90. The number of hydrogen-bond acceptors (Lipinski definition) is 2. The van der Waals surface area contributed by atoms with E-state index < -0.39 is 0 Å². The number of methoxy groups -OCH3 is 1. The van der Waals surface area contributed by atoms with E-state index >= 15 is 0 Å². The summed E-state index contributed by atoms with van der Waals surface area (Å²) in [6.07, 6.45) is 5.40. The van der Waals surface area contributed by atoms with Gasteiger partial charge in [0.25, 0.3) is 0 Å². The molecule has 1 aromatic carbocycles. The molecule has 0 atom stereocenters. The Bertz CT molecular complexity index is 303. The zero-order chi connectivity index (χ0) is 11.2. The van der Waals surface area contributed by atoms with E-state index in [0.717, 1.165) is 24.6 Å². The van der Waals surface area contributed by atoms with Crippen LogP contribution in [0.25, 0.3) is 0 Å². The minimum absolute atomic E-state index is 0.936. The molecule has 0 aromatic heterocycles. The fourth-order valence-electron chi connectivity index (χ4n) is 2.03. The molecule has 0 radical (unpaired) electrons. The Hall–Kier alpha value is -1.02. The lowest BCUT2D eigenvalue weighted by Gasteiger charge is -2.25. The van der Waals surface area contributed by atoms with Crippen LogP contribution in [0.5, 0.6) is 5.75 Å². The smallest absolute Gasteiger partial charge is 0.118 e. The van der Waals surface area contributed by atoms with E-state index in [-0.39, 0.29) is 0 Å². The average molecular weight is 219 g/mol. The van der Waals surface area contributed by atoms with Gasteiger partial charge in [-0.3, -0.25) is 0 Å². The van der Waals surface area contributed by atoms with E-state index in [2.05, 4.69) is 17.4 Å². The van der Waals surface area contributed by atoms with Crippen LogP contribution in [0.3, 0.4) is 0 Å². The minimum Gasteiger partial charge on any atom is -0.497 e. The van der Waals surface area contributed by atoms with Gasteiger partial charge < -0.3 is 10.1 Å². The lowest BCUT2D eigenvalue weighted by molar-refractivity contribution is 0.303. The Kier molecular flexibility index (Phi) is 4.23. The highest BCUT2D eigenvalue weighted by molar-refractivity contribution is 5.27. The van der Waals surface area contributed by atoms with Gasteiger partial charge in [0.1, 0.15) is 5.75 Å². The summed E-state index contributed by atoms with van der Waals surface area (Å²) in [5.74, 6) is 1.89. The molecule has 1 aromatic rings.